The summed E-state index contributed by atoms with van der Waals surface area (Å²) in [5, 5.41) is 5.21. The molecule has 1 N–H and O–H groups in total. The molecule has 0 unspecified atom stereocenters. The minimum atomic E-state index is 0.0354. The van der Waals surface area contributed by atoms with E-state index >= 15 is 0 Å². The van der Waals surface area contributed by atoms with Crippen molar-refractivity contribution in [1.29, 1.82) is 0 Å². The van der Waals surface area contributed by atoms with E-state index in [1.807, 2.05) is 25.1 Å². The fraction of sp³-hybridized carbons (Fsp3) is 0.188. The van der Waals surface area contributed by atoms with Crippen molar-refractivity contribution < 1.29 is 4.79 Å². The van der Waals surface area contributed by atoms with Crippen molar-refractivity contribution in [2.24, 2.45) is 0 Å². The molecule has 2 heteroatoms. The first-order valence-corrected chi connectivity index (χ1v) is 6.04. The van der Waals surface area contributed by atoms with Crippen LogP contribution in [-0.2, 0) is 11.2 Å². The molecule has 2 aromatic carbocycles. The molecule has 1 amide bonds. The van der Waals surface area contributed by atoms with Crippen LogP contribution in [0.2, 0.25) is 0 Å². The third kappa shape index (κ3) is 3.20. The highest BCUT2D eigenvalue weighted by Gasteiger charge is 2.03. The predicted molar refractivity (Wildman–Crippen MR) is 75.5 cm³/mol. The second-order valence-electron chi connectivity index (χ2n) is 4.59. The molecule has 2 nitrogen and oxygen atoms in total. The molecule has 0 bridgehead atoms. The molecule has 0 radical (unpaired) electrons. The van der Waals surface area contributed by atoms with Gasteiger partial charge in [-0.05, 0) is 23.3 Å². The first-order chi connectivity index (χ1) is 8.65. The topological polar surface area (TPSA) is 29.1 Å². The zero-order valence-corrected chi connectivity index (χ0v) is 10.6. The summed E-state index contributed by atoms with van der Waals surface area (Å²) >= 11 is 0. The fourth-order valence-corrected chi connectivity index (χ4v) is 1.85. The highest BCUT2D eigenvalue weighted by molar-refractivity contribution is 5.85. The number of hydrogen-bond donors (Lipinski definition) is 1. The van der Waals surface area contributed by atoms with Gasteiger partial charge in [0.05, 0.1) is 6.42 Å². The van der Waals surface area contributed by atoms with Crippen LogP contribution in [0.1, 0.15) is 12.5 Å². The minimum Gasteiger partial charge on any atom is -0.352 e. The SMILES string of the molecule is C=C(C)CNC(=O)Cc1ccc2ccccc2c1. The fourth-order valence-electron chi connectivity index (χ4n) is 1.85. The molecule has 0 aromatic heterocycles. The Kier molecular flexibility index (Phi) is 3.78. The molecular weight excluding hydrogens is 222 g/mol. The number of rotatable bonds is 4. The summed E-state index contributed by atoms with van der Waals surface area (Å²) in [6.45, 7) is 6.21. The quantitative estimate of drug-likeness (QED) is 0.816. The van der Waals surface area contributed by atoms with Gasteiger partial charge in [-0.25, -0.2) is 0 Å². The number of nitrogens with one attached hydrogen (secondary N) is 1. The Hall–Kier alpha value is -2.09. The van der Waals surface area contributed by atoms with Crippen molar-refractivity contribution in [3.8, 4) is 0 Å². The van der Waals surface area contributed by atoms with Gasteiger partial charge < -0.3 is 5.32 Å². The molecule has 0 aliphatic heterocycles. The molecule has 0 spiro atoms. The van der Waals surface area contributed by atoms with Crippen molar-refractivity contribution in [1.82, 2.24) is 5.32 Å². The van der Waals surface area contributed by atoms with E-state index in [0.29, 0.717) is 13.0 Å². The van der Waals surface area contributed by atoms with Gasteiger partial charge in [-0.15, -0.1) is 0 Å². The first-order valence-electron chi connectivity index (χ1n) is 6.04. The average molecular weight is 239 g/mol. The number of fused-ring (bicyclic) bond motifs is 1. The van der Waals surface area contributed by atoms with Crippen LogP contribution >= 0.6 is 0 Å². The van der Waals surface area contributed by atoms with E-state index in [9.17, 15) is 4.79 Å². The van der Waals surface area contributed by atoms with Crippen LogP contribution in [0, 0.1) is 0 Å². The van der Waals surface area contributed by atoms with Gasteiger partial charge in [0.15, 0.2) is 0 Å². The highest BCUT2D eigenvalue weighted by Crippen LogP contribution is 2.15. The number of carbonyl (C=O) groups excluding carboxylic acids is 1. The van der Waals surface area contributed by atoms with E-state index in [4.69, 9.17) is 0 Å². The summed E-state index contributed by atoms with van der Waals surface area (Å²) in [5.74, 6) is 0.0354. The standard InChI is InChI=1S/C16H17NO/c1-12(2)11-17-16(18)10-13-7-8-14-5-3-4-6-15(14)9-13/h3-9H,1,10-11H2,2H3,(H,17,18). The third-order valence-electron chi connectivity index (χ3n) is 2.77. The summed E-state index contributed by atoms with van der Waals surface area (Å²) in [7, 11) is 0. The largest absolute Gasteiger partial charge is 0.352 e. The lowest BCUT2D eigenvalue weighted by Crippen LogP contribution is -2.26. The second-order valence-corrected chi connectivity index (χ2v) is 4.59. The maximum atomic E-state index is 11.7. The molecule has 2 rings (SSSR count). The first kappa shape index (κ1) is 12.4. The van der Waals surface area contributed by atoms with Crippen LogP contribution in [0.4, 0.5) is 0 Å². The Bertz CT molecular complexity index is 586. The van der Waals surface area contributed by atoms with Gasteiger partial charge in [-0.1, -0.05) is 54.6 Å². The van der Waals surface area contributed by atoms with Gasteiger partial charge in [0.2, 0.25) is 5.91 Å². The molecule has 0 aliphatic carbocycles. The number of amides is 1. The lowest BCUT2D eigenvalue weighted by atomic mass is 10.0. The third-order valence-corrected chi connectivity index (χ3v) is 2.77. The molecule has 92 valence electrons. The minimum absolute atomic E-state index is 0.0354. The molecule has 0 saturated heterocycles. The molecule has 0 heterocycles. The molecular formula is C16H17NO. The predicted octanol–water partition coefficient (Wildman–Crippen LogP) is 3.07. The van der Waals surface area contributed by atoms with Crippen molar-refractivity contribution in [2.75, 3.05) is 6.54 Å². The van der Waals surface area contributed by atoms with Crippen LogP contribution in [0.25, 0.3) is 10.8 Å². The zero-order valence-electron chi connectivity index (χ0n) is 10.6. The summed E-state index contributed by atoms with van der Waals surface area (Å²) in [6, 6.07) is 14.3. The van der Waals surface area contributed by atoms with Crippen LogP contribution in [0.5, 0.6) is 0 Å². The van der Waals surface area contributed by atoms with E-state index in [0.717, 1.165) is 11.1 Å². The molecule has 0 fully saturated rings. The van der Waals surface area contributed by atoms with Crippen molar-refractivity contribution in [3.63, 3.8) is 0 Å². The lowest BCUT2D eigenvalue weighted by Gasteiger charge is -2.06. The van der Waals surface area contributed by atoms with Gasteiger partial charge in [0, 0.05) is 6.54 Å². The van der Waals surface area contributed by atoms with Crippen molar-refractivity contribution >= 4 is 16.7 Å². The molecule has 2 aromatic rings. The summed E-state index contributed by atoms with van der Waals surface area (Å²) < 4.78 is 0. The van der Waals surface area contributed by atoms with Gasteiger partial charge in [-0.2, -0.15) is 0 Å². The Labute approximate surface area is 107 Å². The summed E-state index contributed by atoms with van der Waals surface area (Å²) in [6.07, 6.45) is 0.415. The summed E-state index contributed by atoms with van der Waals surface area (Å²) in [4.78, 5) is 11.7. The van der Waals surface area contributed by atoms with Crippen LogP contribution in [0.3, 0.4) is 0 Å². The van der Waals surface area contributed by atoms with E-state index in [1.54, 1.807) is 0 Å². The zero-order chi connectivity index (χ0) is 13.0. The van der Waals surface area contributed by atoms with Gasteiger partial charge >= 0.3 is 0 Å². The van der Waals surface area contributed by atoms with E-state index in [2.05, 4.69) is 36.2 Å². The van der Waals surface area contributed by atoms with Crippen molar-refractivity contribution in [2.45, 2.75) is 13.3 Å². The van der Waals surface area contributed by atoms with Crippen LogP contribution < -0.4 is 5.32 Å². The van der Waals surface area contributed by atoms with Crippen LogP contribution in [-0.4, -0.2) is 12.5 Å². The Morgan fingerprint density at radius 1 is 1.17 bits per heavy atom. The monoisotopic (exact) mass is 239 g/mol. The van der Waals surface area contributed by atoms with E-state index in [-0.39, 0.29) is 5.91 Å². The lowest BCUT2D eigenvalue weighted by molar-refractivity contribution is -0.120. The van der Waals surface area contributed by atoms with Gasteiger partial charge in [-0.3, -0.25) is 4.79 Å². The smallest absolute Gasteiger partial charge is 0.224 e. The molecule has 18 heavy (non-hydrogen) atoms. The number of hydrogen-bond acceptors (Lipinski definition) is 1. The van der Waals surface area contributed by atoms with Crippen LogP contribution in [0.15, 0.2) is 54.6 Å². The number of carbonyl (C=O) groups is 1. The highest BCUT2D eigenvalue weighted by atomic mass is 16.1. The maximum absolute atomic E-state index is 11.7. The molecule has 0 aliphatic rings. The Balaban J connectivity index is 2.07. The molecule has 0 atom stereocenters. The van der Waals surface area contributed by atoms with E-state index in [1.165, 1.54) is 10.8 Å². The van der Waals surface area contributed by atoms with Gasteiger partial charge in [0.1, 0.15) is 0 Å². The number of benzene rings is 2. The normalized spacial score (nSPS) is 10.3. The summed E-state index contributed by atoms with van der Waals surface area (Å²) in [5.41, 5.74) is 2.00. The second kappa shape index (κ2) is 5.50. The Morgan fingerprint density at radius 2 is 1.89 bits per heavy atom. The molecule has 0 saturated carbocycles. The van der Waals surface area contributed by atoms with E-state index < -0.39 is 0 Å². The Morgan fingerprint density at radius 3 is 2.61 bits per heavy atom. The maximum Gasteiger partial charge on any atom is 0.224 e. The van der Waals surface area contributed by atoms with Gasteiger partial charge in [0.25, 0.3) is 0 Å². The van der Waals surface area contributed by atoms with Crippen molar-refractivity contribution in [3.05, 3.63) is 60.2 Å². The average Bonchev–Trinajstić information content (AvgIpc) is 2.36.